The predicted octanol–water partition coefficient (Wildman–Crippen LogP) is 0.821. The molecular formula is C10H17NO4. The van der Waals surface area contributed by atoms with E-state index in [9.17, 15) is 9.59 Å². The third-order valence-corrected chi connectivity index (χ3v) is 2.26. The first-order chi connectivity index (χ1) is 6.81. The van der Waals surface area contributed by atoms with Crippen LogP contribution in [0.15, 0.2) is 0 Å². The summed E-state index contributed by atoms with van der Waals surface area (Å²) in [6.45, 7) is 5.83. The molecule has 0 aliphatic carbocycles. The molecule has 0 aromatic rings. The Morgan fingerprint density at radius 1 is 1.47 bits per heavy atom. The molecule has 1 saturated heterocycles. The monoisotopic (exact) mass is 215 g/mol. The number of aldehydes is 1. The summed E-state index contributed by atoms with van der Waals surface area (Å²) in [5.74, 6) is 0. The molecule has 0 bridgehead atoms. The van der Waals surface area contributed by atoms with Gasteiger partial charge < -0.3 is 14.3 Å². The number of carbonyl (C=O) groups is 2. The second-order valence-electron chi connectivity index (χ2n) is 4.75. The maximum Gasteiger partial charge on any atom is 0.411 e. The SMILES string of the molecule is CN(C(=O)OC(C)(C)C)C1(C=O)COC1. The van der Waals surface area contributed by atoms with Gasteiger partial charge in [-0.1, -0.05) is 0 Å². The van der Waals surface area contributed by atoms with Crippen molar-refractivity contribution < 1.29 is 19.1 Å². The number of ether oxygens (including phenoxy) is 2. The van der Waals surface area contributed by atoms with Gasteiger partial charge in [-0.3, -0.25) is 4.90 Å². The molecule has 1 rings (SSSR count). The van der Waals surface area contributed by atoms with Crippen molar-refractivity contribution in [2.45, 2.75) is 31.9 Å². The zero-order valence-corrected chi connectivity index (χ0v) is 9.57. The van der Waals surface area contributed by atoms with Gasteiger partial charge in [0.1, 0.15) is 11.1 Å². The van der Waals surface area contributed by atoms with E-state index in [0.29, 0.717) is 0 Å². The first kappa shape index (κ1) is 12.0. The fourth-order valence-electron chi connectivity index (χ4n) is 1.16. The van der Waals surface area contributed by atoms with E-state index < -0.39 is 17.2 Å². The molecule has 1 heterocycles. The molecule has 5 nitrogen and oxygen atoms in total. The number of hydrogen-bond acceptors (Lipinski definition) is 4. The molecule has 15 heavy (non-hydrogen) atoms. The maximum absolute atomic E-state index is 11.6. The Morgan fingerprint density at radius 2 is 2.00 bits per heavy atom. The Labute approximate surface area is 89.3 Å². The van der Waals surface area contributed by atoms with Gasteiger partial charge in [0.15, 0.2) is 6.29 Å². The van der Waals surface area contributed by atoms with E-state index in [1.165, 1.54) is 4.90 Å². The molecule has 1 amide bonds. The number of carbonyl (C=O) groups excluding carboxylic acids is 2. The molecule has 1 fully saturated rings. The van der Waals surface area contributed by atoms with Gasteiger partial charge in [0.2, 0.25) is 0 Å². The third kappa shape index (κ3) is 2.47. The molecule has 0 aromatic heterocycles. The van der Waals surface area contributed by atoms with Crippen LogP contribution in [0.2, 0.25) is 0 Å². The average molecular weight is 215 g/mol. The van der Waals surface area contributed by atoms with Crippen molar-refractivity contribution in [2.75, 3.05) is 20.3 Å². The summed E-state index contributed by atoms with van der Waals surface area (Å²) in [7, 11) is 1.55. The van der Waals surface area contributed by atoms with Crippen LogP contribution in [0.5, 0.6) is 0 Å². The molecular weight excluding hydrogens is 198 g/mol. The predicted molar refractivity (Wildman–Crippen MR) is 53.6 cm³/mol. The van der Waals surface area contributed by atoms with Crippen molar-refractivity contribution in [1.29, 1.82) is 0 Å². The zero-order chi connectivity index (χ0) is 11.7. The zero-order valence-electron chi connectivity index (χ0n) is 9.57. The Morgan fingerprint density at radius 3 is 2.27 bits per heavy atom. The summed E-state index contributed by atoms with van der Waals surface area (Å²) >= 11 is 0. The van der Waals surface area contributed by atoms with Gasteiger partial charge in [-0.25, -0.2) is 4.79 Å². The van der Waals surface area contributed by atoms with E-state index in [-0.39, 0.29) is 13.2 Å². The summed E-state index contributed by atoms with van der Waals surface area (Å²) in [6, 6.07) is 0. The van der Waals surface area contributed by atoms with Gasteiger partial charge in [-0.15, -0.1) is 0 Å². The van der Waals surface area contributed by atoms with Crippen molar-refractivity contribution in [3.63, 3.8) is 0 Å². The smallest absolute Gasteiger partial charge is 0.411 e. The van der Waals surface area contributed by atoms with E-state index in [0.717, 1.165) is 6.29 Å². The minimum Gasteiger partial charge on any atom is -0.444 e. The molecule has 0 atom stereocenters. The van der Waals surface area contributed by atoms with Gasteiger partial charge in [0.25, 0.3) is 0 Å². The van der Waals surface area contributed by atoms with E-state index in [1.807, 2.05) is 0 Å². The minimum absolute atomic E-state index is 0.242. The third-order valence-electron chi connectivity index (χ3n) is 2.26. The van der Waals surface area contributed by atoms with Crippen LogP contribution in [-0.4, -0.2) is 48.7 Å². The molecule has 0 saturated carbocycles. The minimum atomic E-state index is -0.831. The van der Waals surface area contributed by atoms with Crippen molar-refractivity contribution >= 4 is 12.4 Å². The first-order valence-electron chi connectivity index (χ1n) is 4.82. The van der Waals surface area contributed by atoms with Gasteiger partial charge in [-0.05, 0) is 20.8 Å². The highest BCUT2D eigenvalue weighted by molar-refractivity contribution is 5.77. The lowest BCUT2D eigenvalue weighted by Crippen LogP contribution is -2.64. The van der Waals surface area contributed by atoms with Crippen molar-refractivity contribution in [3.8, 4) is 0 Å². The number of hydrogen-bond donors (Lipinski definition) is 0. The van der Waals surface area contributed by atoms with Crippen LogP contribution in [-0.2, 0) is 14.3 Å². The van der Waals surface area contributed by atoms with Crippen LogP contribution in [0.4, 0.5) is 4.79 Å². The van der Waals surface area contributed by atoms with Crippen molar-refractivity contribution in [2.24, 2.45) is 0 Å². The Kier molecular flexibility index (Phi) is 3.04. The molecule has 0 unspecified atom stereocenters. The second-order valence-corrected chi connectivity index (χ2v) is 4.75. The van der Waals surface area contributed by atoms with E-state index in [2.05, 4.69) is 0 Å². The summed E-state index contributed by atoms with van der Waals surface area (Å²) in [5, 5.41) is 0. The summed E-state index contributed by atoms with van der Waals surface area (Å²) < 4.78 is 10.1. The maximum atomic E-state index is 11.6. The van der Waals surface area contributed by atoms with Crippen LogP contribution in [0, 0.1) is 0 Å². The fourth-order valence-corrected chi connectivity index (χ4v) is 1.16. The topological polar surface area (TPSA) is 55.8 Å². The largest absolute Gasteiger partial charge is 0.444 e. The van der Waals surface area contributed by atoms with Crippen molar-refractivity contribution in [1.82, 2.24) is 4.90 Å². The molecule has 86 valence electrons. The molecule has 0 N–H and O–H groups in total. The van der Waals surface area contributed by atoms with E-state index >= 15 is 0 Å². The Bertz CT molecular complexity index is 265. The van der Waals surface area contributed by atoms with Crippen LogP contribution < -0.4 is 0 Å². The van der Waals surface area contributed by atoms with Gasteiger partial charge >= 0.3 is 6.09 Å². The number of rotatable bonds is 2. The summed E-state index contributed by atoms with van der Waals surface area (Å²) in [4.78, 5) is 23.8. The molecule has 1 aliphatic heterocycles. The molecule has 1 aliphatic rings. The summed E-state index contributed by atoms with van der Waals surface area (Å²) in [6.07, 6.45) is 0.235. The van der Waals surface area contributed by atoms with Crippen LogP contribution in [0.25, 0.3) is 0 Å². The van der Waals surface area contributed by atoms with Crippen molar-refractivity contribution in [3.05, 3.63) is 0 Å². The van der Waals surface area contributed by atoms with Gasteiger partial charge in [-0.2, -0.15) is 0 Å². The standard InChI is InChI=1S/C10H17NO4/c1-9(2,3)15-8(13)11(4)10(5-12)6-14-7-10/h5H,6-7H2,1-4H3. The van der Waals surface area contributed by atoms with Crippen LogP contribution in [0.1, 0.15) is 20.8 Å². The number of amides is 1. The quantitative estimate of drug-likeness (QED) is 0.640. The number of likely N-dealkylation sites (N-methyl/N-ethyl adjacent to an activating group) is 1. The first-order valence-corrected chi connectivity index (χ1v) is 4.82. The van der Waals surface area contributed by atoms with Crippen LogP contribution in [0.3, 0.4) is 0 Å². The molecule has 5 heteroatoms. The normalized spacial score (nSPS) is 18.9. The van der Waals surface area contributed by atoms with E-state index in [1.54, 1.807) is 27.8 Å². The Hall–Kier alpha value is -1.10. The van der Waals surface area contributed by atoms with E-state index in [4.69, 9.17) is 9.47 Å². The number of nitrogens with zero attached hydrogens (tertiary/aromatic N) is 1. The lowest BCUT2D eigenvalue weighted by molar-refractivity contribution is -0.150. The van der Waals surface area contributed by atoms with Gasteiger partial charge in [0, 0.05) is 7.05 Å². The van der Waals surface area contributed by atoms with Crippen LogP contribution >= 0.6 is 0 Å². The lowest BCUT2D eigenvalue weighted by atomic mass is 9.98. The highest BCUT2D eigenvalue weighted by atomic mass is 16.6. The average Bonchev–Trinajstić information content (AvgIpc) is 1.99. The summed E-state index contributed by atoms with van der Waals surface area (Å²) in [5.41, 5.74) is -1.39. The molecule has 0 spiro atoms. The lowest BCUT2D eigenvalue weighted by Gasteiger charge is -2.43. The highest BCUT2D eigenvalue weighted by Crippen LogP contribution is 2.23. The second kappa shape index (κ2) is 3.81. The Balaban J connectivity index is 2.63. The molecule has 0 aromatic carbocycles. The van der Waals surface area contributed by atoms with Gasteiger partial charge in [0.05, 0.1) is 13.2 Å². The highest BCUT2D eigenvalue weighted by Gasteiger charge is 2.46. The fraction of sp³-hybridized carbons (Fsp3) is 0.800. The molecule has 0 radical (unpaired) electrons.